The molecular formula is C22H21NO4. The number of carboxylic acids is 1. The Labute approximate surface area is 157 Å². The van der Waals surface area contributed by atoms with Gasteiger partial charge in [0.25, 0.3) is 5.91 Å². The van der Waals surface area contributed by atoms with Crippen LogP contribution in [0.15, 0.2) is 72.8 Å². The third-order valence-corrected chi connectivity index (χ3v) is 4.49. The van der Waals surface area contributed by atoms with Crippen LogP contribution in [-0.2, 0) is 20.7 Å². The molecule has 0 unspecified atom stereocenters. The predicted molar refractivity (Wildman–Crippen MR) is 103 cm³/mol. The highest BCUT2D eigenvalue weighted by molar-refractivity contribution is 5.89. The van der Waals surface area contributed by atoms with Gasteiger partial charge in [0, 0.05) is 13.5 Å². The first-order valence-corrected chi connectivity index (χ1v) is 8.67. The van der Waals surface area contributed by atoms with Crippen molar-refractivity contribution in [1.82, 2.24) is 5.32 Å². The zero-order valence-electron chi connectivity index (χ0n) is 15.0. The van der Waals surface area contributed by atoms with Gasteiger partial charge in [-0.1, -0.05) is 72.8 Å². The van der Waals surface area contributed by atoms with E-state index in [0.717, 1.165) is 16.3 Å². The van der Waals surface area contributed by atoms with Crippen molar-refractivity contribution in [3.05, 3.63) is 83.9 Å². The van der Waals surface area contributed by atoms with Crippen molar-refractivity contribution in [2.75, 3.05) is 7.11 Å². The van der Waals surface area contributed by atoms with Crippen molar-refractivity contribution in [2.24, 2.45) is 0 Å². The summed E-state index contributed by atoms with van der Waals surface area (Å²) in [6.07, 6.45) is -0.672. The normalized spacial score (nSPS) is 13.1. The van der Waals surface area contributed by atoms with Crippen molar-refractivity contribution in [2.45, 2.75) is 18.6 Å². The number of hydrogen-bond acceptors (Lipinski definition) is 3. The van der Waals surface area contributed by atoms with E-state index in [2.05, 4.69) is 5.32 Å². The molecule has 3 aromatic rings. The van der Waals surface area contributed by atoms with Crippen LogP contribution in [0.2, 0.25) is 0 Å². The zero-order valence-corrected chi connectivity index (χ0v) is 15.0. The van der Waals surface area contributed by atoms with E-state index < -0.39 is 24.0 Å². The van der Waals surface area contributed by atoms with E-state index in [9.17, 15) is 14.7 Å². The van der Waals surface area contributed by atoms with Gasteiger partial charge in [-0.2, -0.15) is 0 Å². The molecule has 2 N–H and O–H groups in total. The third kappa shape index (κ3) is 4.33. The Hall–Kier alpha value is -3.18. The summed E-state index contributed by atoms with van der Waals surface area (Å²) in [4.78, 5) is 24.4. The first-order valence-electron chi connectivity index (χ1n) is 8.67. The Morgan fingerprint density at radius 2 is 1.63 bits per heavy atom. The fourth-order valence-electron chi connectivity index (χ4n) is 3.16. The molecule has 3 aromatic carbocycles. The number of fused-ring (bicyclic) bond motifs is 1. The van der Waals surface area contributed by atoms with Crippen molar-refractivity contribution in [1.29, 1.82) is 0 Å². The van der Waals surface area contributed by atoms with Crippen molar-refractivity contribution in [3.63, 3.8) is 0 Å². The summed E-state index contributed by atoms with van der Waals surface area (Å²) >= 11 is 0. The number of hydrogen-bond donors (Lipinski definition) is 2. The molecule has 0 aliphatic heterocycles. The van der Waals surface area contributed by atoms with Crippen LogP contribution in [0.25, 0.3) is 10.8 Å². The molecule has 0 fully saturated rings. The number of ether oxygens (including phenoxy) is 1. The summed E-state index contributed by atoms with van der Waals surface area (Å²) in [6.45, 7) is 0. The molecule has 0 bridgehead atoms. The van der Waals surface area contributed by atoms with E-state index in [1.165, 1.54) is 7.11 Å². The van der Waals surface area contributed by atoms with Gasteiger partial charge in [0.15, 0.2) is 6.10 Å². The van der Waals surface area contributed by atoms with Gasteiger partial charge < -0.3 is 15.2 Å². The zero-order chi connectivity index (χ0) is 19.2. The van der Waals surface area contributed by atoms with E-state index >= 15 is 0 Å². The number of carboxylic acid groups (broad SMARTS) is 1. The maximum absolute atomic E-state index is 12.6. The maximum Gasteiger partial charge on any atom is 0.326 e. The largest absolute Gasteiger partial charge is 0.480 e. The highest BCUT2D eigenvalue weighted by atomic mass is 16.5. The number of benzene rings is 3. The van der Waals surface area contributed by atoms with E-state index in [1.807, 2.05) is 48.5 Å². The number of methoxy groups -OCH3 is 1. The lowest BCUT2D eigenvalue weighted by molar-refractivity contribution is -0.144. The minimum absolute atomic E-state index is 0.188. The molecular weight excluding hydrogens is 342 g/mol. The van der Waals surface area contributed by atoms with Gasteiger partial charge >= 0.3 is 5.97 Å². The standard InChI is InChI=1S/C22H21NO4/c1-27-20(16-9-3-2-4-10-16)21(24)23-19(22(25)26)14-17-12-7-11-15-8-5-6-13-18(15)17/h2-13,19-20H,14H2,1H3,(H,23,24)(H,25,26)/t19-,20+/m0/s1. The Bertz CT molecular complexity index is 934. The minimum atomic E-state index is -1.08. The second-order valence-electron chi connectivity index (χ2n) is 6.27. The molecule has 0 heterocycles. The second-order valence-corrected chi connectivity index (χ2v) is 6.27. The smallest absolute Gasteiger partial charge is 0.326 e. The van der Waals surface area contributed by atoms with E-state index in [0.29, 0.717) is 5.56 Å². The van der Waals surface area contributed by atoms with Gasteiger partial charge in [0.1, 0.15) is 6.04 Å². The predicted octanol–water partition coefficient (Wildman–Crippen LogP) is 3.34. The van der Waals surface area contributed by atoms with Gasteiger partial charge in [0.05, 0.1) is 0 Å². The minimum Gasteiger partial charge on any atom is -0.480 e. The topological polar surface area (TPSA) is 75.6 Å². The molecule has 5 nitrogen and oxygen atoms in total. The Balaban J connectivity index is 1.81. The summed E-state index contributed by atoms with van der Waals surface area (Å²) in [6, 6.07) is 21.5. The first kappa shape index (κ1) is 18.6. The van der Waals surface area contributed by atoms with Crippen LogP contribution in [-0.4, -0.2) is 30.1 Å². The van der Waals surface area contributed by atoms with Gasteiger partial charge in [0.2, 0.25) is 0 Å². The molecule has 0 saturated carbocycles. The lowest BCUT2D eigenvalue weighted by Gasteiger charge is -2.20. The molecule has 0 radical (unpaired) electrons. The number of aliphatic carboxylic acids is 1. The summed E-state index contributed by atoms with van der Waals surface area (Å²) < 4.78 is 5.29. The van der Waals surface area contributed by atoms with Crippen LogP contribution in [0.5, 0.6) is 0 Å². The van der Waals surface area contributed by atoms with Crippen LogP contribution in [0.4, 0.5) is 0 Å². The number of carbonyl (C=O) groups excluding carboxylic acids is 1. The highest BCUT2D eigenvalue weighted by Gasteiger charge is 2.26. The Morgan fingerprint density at radius 3 is 2.33 bits per heavy atom. The number of nitrogens with one attached hydrogen (secondary N) is 1. The van der Waals surface area contributed by atoms with Gasteiger partial charge in [-0.05, 0) is 21.9 Å². The van der Waals surface area contributed by atoms with Crippen LogP contribution in [0, 0.1) is 0 Å². The lowest BCUT2D eigenvalue weighted by atomic mass is 9.98. The number of rotatable bonds is 7. The van der Waals surface area contributed by atoms with E-state index in [1.54, 1.807) is 24.3 Å². The van der Waals surface area contributed by atoms with E-state index in [-0.39, 0.29) is 6.42 Å². The summed E-state index contributed by atoms with van der Waals surface area (Å²) in [5.41, 5.74) is 1.54. The molecule has 3 rings (SSSR count). The first-order chi connectivity index (χ1) is 13.1. The fraction of sp³-hybridized carbons (Fsp3) is 0.182. The van der Waals surface area contributed by atoms with Gasteiger partial charge in [-0.25, -0.2) is 4.79 Å². The molecule has 0 aromatic heterocycles. The maximum atomic E-state index is 12.6. The van der Waals surface area contributed by atoms with E-state index in [4.69, 9.17) is 4.74 Å². The van der Waals surface area contributed by atoms with Gasteiger partial charge in [-0.3, -0.25) is 4.79 Å². The van der Waals surface area contributed by atoms with Gasteiger partial charge in [-0.15, -0.1) is 0 Å². The average molecular weight is 363 g/mol. The molecule has 5 heteroatoms. The number of carbonyl (C=O) groups is 2. The summed E-state index contributed by atoms with van der Waals surface area (Å²) in [5.74, 6) is -1.56. The Morgan fingerprint density at radius 1 is 0.963 bits per heavy atom. The molecule has 1 amide bonds. The SMILES string of the molecule is CO[C@@H](C(=O)N[C@@H](Cc1cccc2ccccc12)C(=O)O)c1ccccc1. The van der Waals surface area contributed by atoms with Crippen LogP contribution in [0.3, 0.4) is 0 Å². The third-order valence-electron chi connectivity index (χ3n) is 4.49. The number of amides is 1. The molecule has 0 spiro atoms. The molecule has 138 valence electrons. The fourth-order valence-corrected chi connectivity index (χ4v) is 3.16. The molecule has 0 aliphatic rings. The van der Waals surface area contributed by atoms with Crippen LogP contribution in [0.1, 0.15) is 17.2 Å². The molecule has 2 atom stereocenters. The molecule has 0 saturated heterocycles. The van der Waals surface area contributed by atoms with Crippen LogP contribution < -0.4 is 5.32 Å². The van der Waals surface area contributed by atoms with Crippen molar-refractivity contribution < 1.29 is 19.4 Å². The highest BCUT2D eigenvalue weighted by Crippen LogP contribution is 2.21. The summed E-state index contributed by atoms with van der Waals surface area (Å²) in [5, 5.41) is 14.3. The van der Waals surface area contributed by atoms with Crippen LogP contribution >= 0.6 is 0 Å². The monoisotopic (exact) mass is 363 g/mol. The Kier molecular flexibility index (Phi) is 5.84. The molecule has 0 aliphatic carbocycles. The van der Waals surface area contributed by atoms with Crippen molar-refractivity contribution >= 4 is 22.6 Å². The summed E-state index contributed by atoms with van der Waals surface area (Å²) in [7, 11) is 1.43. The quantitative estimate of drug-likeness (QED) is 0.675. The van der Waals surface area contributed by atoms with Crippen molar-refractivity contribution in [3.8, 4) is 0 Å². The lowest BCUT2D eigenvalue weighted by Crippen LogP contribution is -2.44. The average Bonchev–Trinajstić information content (AvgIpc) is 2.69. The second kappa shape index (κ2) is 8.47. The molecule has 27 heavy (non-hydrogen) atoms.